The minimum atomic E-state index is -0.527. The van der Waals surface area contributed by atoms with E-state index in [2.05, 4.69) is 10.2 Å². The maximum Gasteiger partial charge on any atom is 0.296 e. The number of methoxy groups -OCH3 is 1. The molecule has 0 radical (unpaired) electrons. The molecule has 0 bridgehead atoms. The lowest BCUT2D eigenvalue weighted by molar-refractivity contribution is -0.384. The van der Waals surface area contributed by atoms with E-state index in [9.17, 15) is 14.9 Å². The number of rotatable bonds is 8. The smallest absolute Gasteiger partial charge is 0.296 e. The summed E-state index contributed by atoms with van der Waals surface area (Å²) in [5.41, 5.74) is 1.14. The summed E-state index contributed by atoms with van der Waals surface area (Å²) in [4.78, 5) is 25.3. The standard InChI is InChI=1S/C19H21N3O4/c1-26-16-9-10-17(18(11-16)22(24)25)20-19(23)13-21(15-7-8-15)12-14-5-3-2-4-6-14/h2-6,9-11,15H,7-8,12-13H2,1H3,(H,20,23). The van der Waals surface area contributed by atoms with Crippen LogP contribution in [0.25, 0.3) is 0 Å². The number of nitro groups is 1. The third kappa shape index (κ3) is 4.58. The second-order valence-corrected chi connectivity index (χ2v) is 6.31. The number of nitro benzene ring substituents is 1. The van der Waals surface area contributed by atoms with E-state index in [1.165, 1.54) is 19.2 Å². The Hall–Kier alpha value is -2.93. The van der Waals surface area contributed by atoms with E-state index in [-0.39, 0.29) is 23.8 Å². The molecule has 3 rings (SSSR count). The quantitative estimate of drug-likeness (QED) is 0.580. The topological polar surface area (TPSA) is 84.7 Å². The van der Waals surface area contributed by atoms with Crippen LogP contribution in [0.3, 0.4) is 0 Å². The largest absolute Gasteiger partial charge is 0.496 e. The van der Waals surface area contributed by atoms with Gasteiger partial charge in [-0.25, -0.2) is 0 Å². The van der Waals surface area contributed by atoms with Crippen LogP contribution in [0.5, 0.6) is 5.75 Å². The van der Waals surface area contributed by atoms with Crippen LogP contribution in [0, 0.1) is 10.1 Å². The van der Waals surface area contributed by atoms with Crippen LogP contribution in [0.1, 0.15) is 18.4 Å². The zero-order chi connectivity index (χ0) is 18.5. The number of nitrogens with zero attached hydrogens (tertiary/aromatic N) is 2. The summed E-state index contributed by atoms with van der Waals surface area (Å²) in [6.07, 6.45) is 2.14. The molecule has 2 aromatic carbocycles. The van der Waals surface area contributed by atoms with Crippen LogP contribution in [0.4, 0.5) is 11.4 Å². The number of carbonyl (C=O) groups is 1. The van der Waals surface area contributed by atoms with Crippen molar-refractivity contribution < 1.29 is 14.5 Å². The van der Waals surface area contributed by atoms with Gasteiger partial charge in [-0.05, 0) is 30.5 Å². The molecule has 2 aromatic rings. The molecule has 1 aliphatic rings. The summed E-state index contributed by atoms with van der Waals surface area (Å²) < 4.78 is 5.01. The highest BCUT2D eigenvalue weighted by molar-refractivity contribution is 5.94. The van der Waals surface area contributed by atoms with E-state index in [1.807, 2.05) is 30.3 Å². The predicted molar refractivity (Wildman–Crippen MR) is 98.2 cm³/mol. The SMILES string of the molecule is COc1ccc(NC(=O)CN(Cc2ccccc2)C2CC2)c([N+](=O)[O-])c1. The predicted octanol–water partition coefficient (Wildman–Crippen LogP) is 3.21. The Labute approximate surface area is 151 Å². The molecule has 1 aliphatic carbocycles. The van der Waals surface area contributed by atoms with Crippen molar-refractivity contribution in [2.24, 2.45) is 0 Å². The van der Waals surface area contributed by atoms with Crippen LogP contribution in [0.2, 0.25) is 0 Å². The fourth-order valence-electron chi connectivity index (χ4n) is 2.84. The summed E-state index contributed by atoms with van der Waals surface area (Å²) in [6.45, 7) is 0.881. The maximum atomic E-state index is 12.5. The second kappa shape index (κ2) is 7.97. The molecule has 1 amide bonds. The maximum absolute atomic E-state index is 12.5. The van der Waals surface area contributed by atoms with Crippen LogP contribution < -0.4 is 10.1 Å². The lowest BCUT2D eigenvalue weighted by Crippen LogP contribution is -2.34. The van der Waals surface area contributed by atoms with Crippen LogP contribution in [0.15, 0.2) is 48.5 Å². The molecule has 0 saturated heterocycles. The Morgan fingerprint density at radius 2 is 2.00 bits per heavy atom. The van der Waals surface area contributed by atoms with Gasteiger partial charge in [0.15, 0.2) is 0 Å². The van der Waals surface area contributed by atoms with Gasteiger partial charge in [0.25, 0.3) is 5.69 Å². The van der Waals surface area contributed by atoms with E-state index >= 15 is 0 Å². The summed E-state index contributed by atoms with van der Waals surface area (Å²) in [5, 5.41) is 13.9. The average molecular weight is 355 g/mol. The van der Waals surface area contributed by atoms with Gasteiger partial charge in [0.1, 0.15) is 11.4 Å². The Kier molecular flexibility index (Phi) is 5.48. The van der Waals surface area contributed by atoms with Gasteiger partial charge < -0.3 is 10.1 Å². The molecule has 0 spiro atoms. The molecule has 26 heavy (non-hydrogen) atoms. The van der Waals surface area contributed by atoms with Crippen molar-refractivity contribution in [3.8, 4) is 5.75 Å². The molecule has 0 aromatic heterocycles. The summed E-state index contributed by atoms with van der Waals surface area (Å²) in [5.74, 6) is 0.111. The van der Waals surface area contributed by atoms with Gasteiger partial charge in [0.2, 0.25) is 5.91 Å². The molecule has 7 nitrogen and oxygen atoms in total. The van der Waals surface area contributed by atoms with Gasteiger partial charge in [-0.15, -0.1) is 0 Å². The third-order valence-electron chi connectivity index (χ3n) is 4.31. The number of benzene rings is 2. The molecule has 1 saturated carbocycles. The number of ether oxygens (including phenoxy) is 1. The number of hydrogen-bond donors (Lipinski definition) is 1. The van der Waals surface area contributed by atoms with E-state index in [0.717, 1.165) is 18.4 Å². The van der Waals surface area contributed by atoms with Gasteiger partial charge in [0.05, 0.1) is 24.6 Å². The van der Waals surface area contributed by atoms with Gasteiger partial charge in [-0.1, -0.05) is 30.3 Å². The Bertz CT molecular complexity index is 791. The zero-order valence-corrected chi connectivity index (χ0v) is 14.6. The average Bonchev–Trinajstić information content (AvgIpc) is 3.47. The number of carbonyl (C=O) groups excluding carboxylic acids is 1. The molecule has 1 fully saturated rings. The number of amides is 1. The van der Waals surface area contributed by atoms with Crippen molar-refractivity contribution in [2.75, 3.05) is 19.0 Å². The Morgan fingerprint density at radius 3 is 2.62 bits per heavy atom. The minimum Gasteiger partial charge on any atom is -0.496 e. The van der Waals surface area contributed by atoms with Crippen LogP contribution in [-0.2, 0) is 11.3 Å². The Balaban J connectivity index is 1.68. The van der Waals surface area contributed by atoms with Crippen LogP contribution >= 0.6 is 0 Å². The first-order valence-electron chi connectivity index (χ1n) is 8.47. The molecule has 7 heteroatoms. The first kappa shape index (κ1) is 17.9. The van der Waals surface area contributed by atoms with Gasteiger partial charge in [-0.2, -0.15) is 0 Å². The molecular weight excluding hydrogens is 334 g/mol. The van der Waals surface area contributed by atoms with E-state index in [4.69, 9.17) is 4.74 Å². The normalized spacial score (nSPS) is 13.5. The van der Waals surface area contributed by atoms with Crippen molar-refractivity contribution in [3.05, 3.63) is 64.2 Å². The first-order valence-corrected chi connectivity index (χ1v) is 8.47. The third-order valence-corrected chi connectivity index (χ3v) is 4.31. The summed E-state index contributed by atoms with van der Waals surface area (Å²) in [7, 11) is 1.44. The van der Waals surface area contributed by atoms with Crippen molar-refractivity contribution >= 4 is 17.3 Å². The molecule has 0 unspecified atom stereocenters. The lowest BCUT2D eigenvalue weighted by Gasteiger charge is -2.21. The van der Waals surface area contributed by atoms with E-state index in [1.54, 1.807) is 6.07 Å². The van der Waals surface area contributed by atoms with Crippen molar-refractivity contribution in [2.45, 2.75) is 25.4 Å². The minimum absolute atomic E-state index is 0.177. The molecule has 136 valence electrons. The number of nitrogens with one attached hydrogen (secondary N) is 1. The van der Waals surface area contributed by atoms with E-state index in [0.29, 0.717) is 18.3 Å². The van der Waals surface area contributed by atoms with Crippen molar-refractivity contribution in [1.82, 2.24) is 4.90 Å². The van der Waals surface area contributed by atoms with Gasteiger partial charge in [-0.3, -0.25) is 19.8 Å². The highest BCUT2D eigenvalue weighted by Crippen LogP contribution is 2.30. The van der Waals surface area contributed by atoms with Gasteiger partial charge in [0, 0.05) is 12.6 Å². The fourth-order valence-corrected chi connectivity index (χ4v) is 2.84. The van der Waals surface area contributed by atoms with E-state index < -0.39 is 4.92 Å². The second-order valence-electron chi connectivity index (χ2n) is 6.31. The molecule has 0 atom stereocenters. The monoisotopic (exact) mass is 355 g/mol. The van der Waals surface area contributed by atoms with Crippen molar-refractivity contribution in [3.63, 3.8) is 0 Å². The number of hydrogen-bond acceptors (Lipinski definition) is 5. The fraction of sp³-hybridized carbons (Fsp3) is 0.316. The molecule has 1 N–H and O–H groups in total. The molecule has 0 aliphatic heterocycles. The van der Waals surface area contributed by atoms with Crippen LogP contribution in [-0.4, -0.2) is 35.4 Å². The highest BCUT2D eigenvalue weighted by atomic mass is 16.6. The van der Waals surface area contributed by atoms with Gasteiger partial charge >= 0.3 is 0 Å². The highest BCUT2D eigenvalue weighted by Gasteiger charge is 2.30. The number of anilines is 1. The summed E-state index contributed by atoms with van der Waals surface area (Å²) >= 11 is 0. The Morgan fingerprint density at radius 1 is 1.27 bits per heavy atom. The lowest BCUT2D eigenvalue weighted by atomic mass is 10.2. The first-order chi connectivity index (χ1) is 12.6. The summed E-state index contributed by atoms with van der Waals surface area (Å²) in [6, 6.07) is 14.7. The molecular formula is C19H21N3O4. The molecule has 0 heterocycles. The van der Waals surface area contributed by atoms with Crippen molar-refractivity contribution in [1.29, 1.82) is 0 Å². The zero-order valence-electron chi connectivity index (χ0n) is 14.6.